The third-order valence-corrected chi connectivity index (χ3v) is 3.83. The summed E-state index contributed by atoms with van der Waals surface area (Å²) in [7, 11) is 0. The van der Waals surface area contributed by atoms with E-state index in [1.54, 1.807) is 13.8 Å². The zero-order chi connectivity index (χ0) is 18.3. The average Bonchev–Trinajstić information content (AvgIpc) is 2.55. The van der Waals surface area contributed by atoms with Crippen molar-refractivity contribution in [3.8, 4) is 0 Å². The summed E-state index contributed by atoms with van der Waals surface area (Å²) >= 11 is 0. The highest BCUT2D eigenvalue weighted by Crippen LogP contribution is 2.25. The lowest BCUT2D eigenvalue weighted by Crippen LogP contribution is -2.35. The molecule has 134 valence electrons. The van der Waals surface area contributed by atoms with E-state index in [4.69, 9.17) is 9.47 Å². The number of benzene rings is 1. The Balaban J connectivity index is 2.85. The van der Waals surface area contributed by atoms with Crippen LogP contribution in [0.2, 0.25) is 0 Å². The fourth-order valence-corrected chi connectivity index (χ4v) is 2.54. The first kappa shape index (κ1) is 20.0. The minimum atomic E-state index is -0.906. The maximum absolute atomic E-state index is 12.2. The molecule has 0 aliphatic rings. The van der Waals surface area contributed by atoms with Crippen LogP contribution in [0.4, 0.5) is 5.69 Å². The van der Waals surface area contributed by atoms with Crippen LogP contribution in [0.1, 0.15) is 51.3 Å². The van der Waals surface area contributed by atoms with Crippen LogP contribution in [0, 0.1) is 6.92 Å². The van der Waals surface area contributed by atoms with Crippen molar-refractivity contribution in [3.05, 3.63) is 28.8 Å². The largest absolute Gasteiger partial charge is 0.463 e. The van der Waals surface area contributed by atoms with E-state index in [1.165, 1.54) is 23.6 Å². The highest BCUT2D eigenvalue weighted by molar-refractivity contribution is 5.83. The molecule has 0 radical (unpaired) electrons. The van der Waals surface area contributed by atoms with E-state index in [2.05, 4.69) is 38.2 Å². The minimum absolute atomic E-state index is 0.262. The minimum Gasteiger partial charge on any atom is -0.463 e. The van der Waals surface area contributed by atoms with Gasteiger partial charge in [0.05, 0.1) is 6.61 Å². The zero-order valence-corrected chi connectivity index (χ0v) is 15.6. The van der Waals surface area contributed by atoms with Gasteiger partial charge in [-0.1, -0.05) is 31.5 Å². The predicted molar refractivity (Wildman–Crippen MR) is 95.2 cm³/mol. The van der Waals surface area contributed by atoms with Crippen LogP contribution in [0.5, 0.6) is 0 Å². The summed E-state index contributed by atoms with van der Waals surface area (Å²) in [6.07, 6.45) is 0.840. The van der Waals surface area contributed by atoms with Crippen molar-refractivity contribution in [2.45, 2.75) is 66.5 Å². The topological polar surface area (TPSA) is 64.6 Å². The molecule has 1 N–H and O–H groups in total. The Kier molecular flexibility index (Phi) is 7.75. The fourth-order valence-electron chi connectivity index (χ4n) is 2.54. The molecular formula is C19H29NO4. The predicted octanol–water partition coefficient (Wildman–Crippen LogP) is 3.42. The molecule has 0 aliphatic carbocycles. The number of carbonyl (C=O) groups excluding carboxylic acids is 2. The van der Waals surface area contributed by atoms with Crippen molar-refractivity contribution >= 4 is 17.6 Å². The second-order valence-electron chi connectivity index (χ2n) is 5.86. The molecule has 0 saturated carbocycles. The Morgan fingerprint density at radius 3 is 2.04 bits per heavy atom. The van der Waals surface area contributed by atoms with Gasteiger partial charge >= 0.3 is 11.9 Å². The number of anilines is 1. The van der Waals surface area contributed by atoms with E-state index in [9.17, 15) is 9.59 Å². The molecule has 2 atom stereocenters. The van der Waals surface area contributed by atoms with Crippen molar-refractivity contribution in [1.29, 1.82) is 0 Å². The van der Waals surface area contributed by atoms with E-state index in [1.807, 2.05) is 0 Å². The molecule has 24 heavy (non-hydrogen) atoms. The maximum atomic E-state index is 12.2. The van der Waals surface area contributed by atoms with Gasteiger partial charge in [0, 0.05) is 5.69 Å². The van der Waals surface area contributed by atoms with Gasteiger partial charge in [0.25, 0.3) is 0 Å². The van der Waals surface area contributed by atoms with Crippen LogP contribution in [0.15, 0.2) is 12.1 Å². The van der Waals surface area contributed by atoms with E-state index in [0.29, 0.717) is 0 Å². The van der Waals surface area contributed by atoms with Crippen LogP contribution in [0.3, 0.4) is 0 Å². The second kappa shape index (κ2) is 9.30. The Bertz CT molecular complexity index is 558. The number of esters is 2. The number of aryl methyl sites for hydroxylation is 3. The zero-order valence-electron chi connectivity index (χ0n) is 15.6. The van der Waals surface area contributed by atoms with Gasteiger partial charge in [-0.25, -0.2) is 9.59 Å². The summed E-state index contributed by atoms with van der Waals surface area (Å²) in [5.74, 6) is -1.00. The highest BCUT2D eigenvalue weighted by Gasteiger charge is 2.23. The van der Waals surface area contributed by atoms with Gasteiger partial charge in [0.2, 0.25) is 0 Å². The molecule has 1 unspecified atom stereocenters. The van der Waals surface area contributed by atoms with Crippen molar-refractivity contribution in [2.24, 2.45) is 0 Å². The molecule has 0 aromatic heterocycles. The molecule has 1 rings (SSSR count). The number of rotatable bonds is 8. The summed E-state index contributed by atoms with van der Waals surface area (Å²) in [4.78, 5) is 23.8. The number of hydrogen-bond donors (Lipinski definition) is 1. The summed E-state index contributed by atoms with van der Waals surface area (Å²) in [5.41, 5.74) is 4.54. The fraction of sp³-hybridized carbons (Fsp3) is 0.579. The lowest BCUT2D eigenvalue weighted by atomic mass is 9.99. The first-order valence-electron chi connectivity index (χ1n) is 8.59. The molecule has 5 heteroatoms. The molecule has 0 amide bonds. The van der Waals surface area contributed by atoms with E-state index >= 15 is 0 Å². The molecule has 5 nitrogen and oxygen atoms in total. The molecule has 1 aromatic rings. The van der Waals surface area contributed by atoms with Crippen molar-refractivity contribution < 1.29 is 19.1 Å². The lowest BCUT2D eigenvalue weighted by Gasteiger charge is -2.21. The van der Waals surface area contributed by atoms with Crippen LogP contribution in [-0.2, 0) is 31.9 Å². The van der Waals surface area contributed by atoms with Crippen LogP contribution in [-0.4, -0.2) is 30.7 Å². The summed E-state index contributed by atoms with van der Waals surface area (Å²) in [6.45, 7) is 11.5. The SMILES string of the molecule is CCOC(=O)C(C)OC(=O)[C@H](C)Nc1c(CC)cc(C)cc1CC. The van der Waals surface area contributed by atoms with Gasteiger partial charge in [-0.15, -0.1) is 0 Å². The summed E-state index contributed by atoms with van der Waals surface area (Å²) in [6, 6.07) is 3.70. The van der Waals surface area contributed by atoms with Crippen LogP contribution >= 0.6 is 0 Å². The highest BCUT2D eigenvalue weighted by atomic mass is 16.6. The van der Waals surface area contributed by atoms with Crippen molar-refractivity contribution in [3.63, 3.8) is 0 Å². The van der Waals surface area contributed by atoms with Gasteiger partial charge in [0.15, 0.2) is 6.10 Å². The molecule has 0 heterocycles. The standard InChI is InChI=1S/C19H29NO4/c1-7-15-10-12(4)11-16(8-2)17(15)20-13(5)18(21)24-14(6)19(22)23-9-3/h10-11,13-14,20H,7-9H2,1-6H3/t13-,14?/m0/s1. The van der Waals surface area contributed by atoms with Gasteiger partial charge in [-0.05, 0) is 51.7 Å². The second-order valence-corrected chi connectivity index (χ2v) is 5.86. The van der Waals surface area contributed by atoms with Crippen LogP contribution < -0.4 is 5.32 Å². The van der Waals surface area contributed by atoms with Gasteiger partial charge in [-0.3, -0.25) is 0 Å². The van der Waals surface area contributed by atoms with Gasteiger partial charge < -0.3 is 14.8 Å². The monoisotopic (exact) mass is 335 g/mol. The van der Waals surface area contributed by atoms with E-state index in [-0.39, 0.29) is 6.61 Å². The smallest absolute Gasteiger partial charge is 0.347 e. The van der Waals surface area contributed by atoms with Crippen molar-refractivity contribution in [1.82, 2.24) is 0 Å². The first-order valence-corrected chi connectivity index (χ1v) is 8.59. The number of nitrogens with one attached hydrogen (secondary N) is 1. The number of carbonyl (C=O) groups is 2. The Labute approximate surface area is 144 Å². The third kappa shape index (κ3) is 5.25. The number of ether oxygens (including phenoxy) is 2. The van der Waals surface area contributed by atoms with E-state index in [0.717, 1.165) is 18.5 Å². The quantitative estimate of drug-likeness (QED) is 0.738. The Morgan fingerprint density at radius 2 is 1.58 bits per heavy atom. The number of hydrogen-bond acceptors (Lipinski definition) is 5. The molecule has 0 spiro atoms. The Hall–Kier alpha value is -2.04. The molecule has 0 saturated heterocycles. The normalized spacial score (nSPS) is 13.1. The summed E-state index contributed by atoms with van der Waals surface area (Å²) < 4.78 is 10.0. The van der Waals surface area contributed by atoms with Gasteiger partial charge in [0.1, 0.15) is 6.04 Å². The molecular weight excluding hydrogens is 306 g/mol. The average molecular weight is 335 g/mol. The van der Waals surface area contributed by atoms with Crippen LogP contribution in [0.25, 0.3) is 0 Å². The van der Waals surface area contributed by atoms with Crippen molar-refractivity contribution in [2.75, 3.05) is 11.9 Å². The molecule has 0 fully saturated rings. The third-order valence-electron chi connectivity index (χ3n) is 3.83. The molecule has 1 aromatic carbocycles. The van der Waals surface area contributed by atoms with Gasteiger partial charge in [-0.2, -0.15) is 0 Å². The lowest BCUT2D eigenvalue weighted by molar-refractivity contribution is -0.166. The maximum Gasteiger partial charge on any atom is 0.347 e. The van der Waals surface area contributed by atoms with E-state index < -0.39 is 24.1 Å². The Morgan fingerprint density at radius 1 is 1.04 bits per heavy atom. The molecule has 0 aliphatic heterocycles. The summed E-state index contributed by atoms with van der Waals surface area (Å²) in [5, 5.41) is 3.26. The first-order chi connectivity index (χ1) is 11.3. The molecule has 0 bridgehead atoms.